The van der Waals surface area contributed by atoms with Crippen LogP contribution in [0.3, 0.4) is 0 Å². The molecule has 20 heavy (non-hydrogen) atoms. The van der Waals surface area contributed by atoms with E-state index in [1.807, 2.05) is 36.4 Å². The van der Waals surface area contributed by atoms with Gasteiger partial charge in [-0.3, -0.25) is 4.79 Å². The summed E-state index contributed by atoms with van der Waals surface area (Å²) in [6.07, 6.45) is 4.17. The highest BCUT2D eigenvalue weighted by molar-refractivity contribution is 6.30. The molecule has 0 radical (unpaired) electrons. The number of anilines is 1. The lowest BCUT2D eigenvalue weighted by atomic mass is 10.1. The molecule has 102 valence electrons. The van der Waals surface area contributed by atoms with Crippen molar-refractivity contribution in [3.63, 3.8) is 0 Å². The minimum absolute atomic E-state index is 0.138. The van der Waals surface area contributed by atoms with Crippen molar-refractivity contribution in [2.24, 2.45) is 0 Å². The van der Waals surface area contributed by atoms with Crippen LogP contribution in [0.5, 0.6) is 0 Å². The number of nitrogens with one attached hydrogen (secondary N) is 1. The standard InChI is InChI=1S/C17H16ClNO/c1-2-14-5-3-4-6-16(14)19-17(20)12-9-13-7-10-15(18)11-8-13/h3-12H,2H2,1H3,(H,19,20). The van der Waals surface area contributed by atoms with Crippen LogP contribution in [0.2, 0.25) is 5.02 Å². The Kier molecular flexibility index (Phi) is 4.97. The molecule has 0 aliphatic carbocycles. The van der Waals surface area contributed by atoms with E-state index in [1.54, 1.807) is 18.2 Å². The molecule has 2 rings (SSSR count). The van der Waals surface area contributed by atoms with Crippen LogP contribution in [0.4, 0.5) is 5.69 Å². The van der Waals surface area contributed by atoms with Crippen molar-refractivity contribution >= 4 is 29.3 Å². The van der Waals surface area contributed by atoms with Gasteiger partial charge in [-0.25, -0.2) is 0 Å². The van der Waals surface area contributed by atoms with Crippen LogP contribution in [0.15, 0.2) is 54.6 Å². The molecule has 0 saturated carbocycles. The Bertz CT molecular complexity index is 617. The summed E-state index contributed by atoms with van der Waals surface area (Å²) < 4.78 is 0. The van der Waals surface area contributed by atoms with Gasteiger partial charge >= 0.3 is 0 Å². The molecule has 0 spiro atoms. The average molecular weight is 286 g/mol. The smallest absolute Gasteiger partial charge is 0.248 e. The van der Waals surface area contributed by atoms with Crippen molar-refractivity contribution in [3.05, 3.63) is 70.8 Å². The molecule has 0 atom stereocenters. The highest BCUT2D eigenvalue weighted by Crippen LogP contribution is 2.15. The zero-order valence-corrected chi connectivity index (χ0v) is 12.0. The van der Waals surface area contributed by atoms with Crippen LogP contribution in [-0.2, 0) is 11.2 Å². The fourth-order valence-corrected chi connectivity index (χ4v) is 2.00. The Hall–Kier alpha value is -2.06. The first-order chi connectivity index (χ1) is 9.69. The molecule has 0 heterocycles. The Morgan fingerprint density at radius 1 is 1.15 bits per heavy atom. The van der Waals surface area contributed by atoms with Crippen molar-refractivity contribution in [2.45, 2.75) is 13.3 Å². The molecule has 2 aromatic carbocycles. The van der Waals surface area contributed by atoms with Gasteiger partial charge in [0.25, 0.3) is 0 Å². The van der Waals surface area contributed by atoms with Gasteiger partial charge < -0.3 is 5.32 Å². The molecular formula is C17H16ClNO. The third-order valence-corrected chi connectivity index (χ3v) is 3.21. The van der Waals surface area contributed by atoms with Crippen LogP contribution in [0.25, 0.3) is 6.08 Å². The van der Waals surface area contributed by atoms with E-state index in [-0.39, 0.29) is 5.91 Å². The Morgan fingerprint density at radius 3 is 2.55 bits per heavy atom. The largest absolute Gasteiger partial charge is 0.322 e. The lowest BCUT2D eigenvalue weighted by Gasteiger charge is -2.07. The molecule has 1 amide bonds. The minimum atomic E-state index is -0.138. The van der Waals surface area contributed by atoms with E-state index in [0.29, 0.717) is 5.02 Å². The van der Waals surface area contributed by atoms with Gasteiger partial charge in [-0.15, -0.1) is 0 Å². The van der Waals surface area contributed by atoms with E-state index in [4.69, 9.17) is 11.6 Å². The third kappa shape index (κ3) is 3.97. The van der Waals surface area contributed by atoms with Crippen LogP contribution >= 0.6 is 11.6 Å². The molecule has 3 heteroatoms. The predicted octanol–water partition coefficient (Wildman–Crippen LogP) is 4.55. The number of hydrogen-bond donors (Lipinski definition) is 1. The molecule has 1 N–H and O–H groups in total. The number of benzene rings is 2. The molecule has 0 saturated heterocycles. The molecule has 0 fully saturated rings. The maximum Gasteiger partial charge on any atom is 0.248 e. The zero-order chi connectivity index (χ0) is 14.4. The first-order valence-corrected chi connectivity index (χ1v) is 6.89. The summed E-state index contributed by atoms with van der Waals surface area (Å²) in [4.78, 5) is 11.9. The van der Waals surface area contributed by atoms with E-state index in [1.165, 1.54) is 6.08 Å². The van der Waals surface area contributed by atoms with Crippen molar-refractivity contribution in [1.82, 2.24) is 0 Å². The molecule has 2 aromatic rings. The second kappa shape index (κ2) is 6.92. The summed E-state index contributed by atoms with van der Waals surface area (Å²) >= 11 is 5.81. The molecule has 0 aliphatic heterocycles. The van der Waals surface area contributed by atoms with Gasteiger partial charge in [0.05, 0.1) is 0 Å². The van der Waals surface area contributed by atoms with Crippen molar-refractivity contribution in [3.8, 4) is 0 Å². The SMILES string of the molecule is CCc1ccccc1NC(=O)C=Cc1ccc(Cl)cc1. The monoisotopic (exact) mass is 285 g/mol. The predicted molar refractivity (Wildman–Crippen MR) is 84.9 cm³/mol. The fraction of sp³-hybridized carbons (Fsp3) is 0.118. The lowest BCUT2D eigenvalue weighted by molar-refractivity contribution is -0.111. The molecule has 0 bridgehead atoms. The summed E-state index contributed by atoms with van der Waals surface area (Å²) in [7, 11) is 0. The number of para-hydroxylation sites is 1. The Labute approximate surface area is 124 Å². The summed E-state index contributed by atoms with van der Waals surface area (Å²) in [5.74, 6) is -0.138. The molecule has 0 unspecified atom stereocenters. The normalized spacial score (nSPS) is 10.7. The Balaban J connectivity index is 2.03. The van der Waals surface area contributed by atoms with Gasteiger partial charge in [0.15, 0.2) is 0 Å². The minimum Gasteiger partial charge on any atom is -0.322 e. The second-order valence-electron chi connectivity index (χ2n) is 4.38. The van der Waals surface area contributed by atoms with Crippen LogP contribution in [0, 0.1) is 0 Å². The number of halogens is 1. The second-order valence-corrected chi connectivity index (χ2v) is 4.82. The fourth-order valence-electron chi connectivity index (χ4n) is 1.87. The topological polar surface area (TPSA) is 29.1 Å². The Morgan fingerprint density at radius 2 is 1.85 bits per heavy atom. The summed E-state index contributed by atoms with van der Waals surface area (Å²) in [6, 6.07) is 15.1. The molecule has 0 aliphatic rings. The summed E-state index contributed by atoms with van der Waals surface area (Å²) in [5, 5.41) is 3.58. The van der Waals surface area contributed by atoms with E-state index < -0.39 is 0 Å². The highest BCUT2D eigenvalue weighted by atomic mass is 35.5. The quantitative estimate of drug-likeness (QED) is 0.820. The van der Waals surface area contributed by atoms with Gasteiger partial charge in [-0.2, -0.15) is 0 Å². The average Bonchev–Trinajstić information content (AvgIpc) is 2.47. The maximum absolute atomic E-state index is 11.9. The maximum atomic E-state index is 11.9. The number of aryl methyl sites for hydroxylation is 1. The third-order valence-electron chi connectivity index (χ3n) is 2.95. The number of carbonyl (C=O) groups is 1. The lowest BCUT2D eigenvalue weighted by Crippen LogP contribution is -2.09. The van der Waals surface area contributed by atoms with E-state index >= 15 is 0 Å². The summed E-state index contributed by atoms with van der Waals surface area (Å²) in [5.41, 5.74) is 2.93. The van der Waals surface area contributed by atoms with Gasteiger partial charge in [0, 0.05) is 16.8 Å². The molecular weight excluding hydrogens is 270 g/mol. The zero-order valence-electron chi connectivity index (χ0n) is 11.3. The molecule has 2 nitrogen and oxygen atoms in total. The van der Waals surface area contributed by atoms with E-state index in [0.717, 1.165) is 23.2 Å². The van der Waals surface area contributed by atoms with Gasteiger partial charge in [-0.1, -0.05) is 48.9 Å². The van der Waals surface area contributed by atoms with Crippen molar-refractivity contribution in [2.75, 3.05) is 5.32 Å². The first kappa shape index (κ1) is 14.4. The number of hydrogen-bond acceptors (Lipinski definition) is 1. The summed E-state index contributed by atoms with van der Waals surface area (Å²) in [6.45, 7) is 2.06. The molecule has 0 aromatic heterocycles. The van der Waals surface area contributed by atoms with Crippen LogP contribution in [0.1, 0.15) is 18.1 Å². The first-order valence-electron chi connectivity index (χ1n) is 6.51. The van der Waals surface area contributed by atoms with Crippen LogP contribution < -0.4 is 5.32 Å². The van der Waals surface area contributed by atoms with Gasteiger partial charge in [0.1, 0.15) is 0 Å². The van der Waals surface area contributed by atoms with Crippen molar-refractivity contribution < 1.29 is 4.79 Å². The van der Waals surface area contributed by atoms with Gasteiger partial charge in [-0.05, 0) is 41.8 Å². The van der Waals surface area contributed by atoms with Crippen LogP contribution in [-0.4, -0.2) is 5.91 Å². The number of rotatable bonds is 4. The highest BCUT2D eigenvalue weighted by Gasteiger charge is 2.02. The van der Waals surface area contributed by atoms with Crippen molar-refractivity contribution in [1.29, 1.82) is 0 Å². The van der Waals surface area contributed by atoms with E-state index in [9.17, 15) is 4.79 Å². The number of carbonyl (C=O) groups excluding carboxylic acids is 1. The van der Waals surface area contributed by atoms with Gasteiger partial charge in [0.2, 0.25) is 5.91 Å². The number of amides is 1. The van der Waals surface area contributed by atoms with E-state index in [2.05, 4.69) is 12.2 Å².